The van der Waals surface area contributed by atoms with E-state index in [4.69, 9.17) is 5.26 Å². The van der Waals surface area contributed by atoms with Crippen LogP contribution in [0.3, 0.4) is 0 Å². The van der Waals surface area contributed by atoms with Crippen LogP contribution in [0, 0.1) is 11.3 Å². The molecule has 0 saturated carbocycles. The van der Waals surface area contributed by atoms with Crippen molar-refractivity contribution in [3.63, 3.8) is 0 Å². The number of rotatable bonds is 3. The van der Waals surface area contributed by atoms with Gasteiger partial charge in [-0.3, -0.25) is 4.79 Å². The van der Waals surface area contributed by atoms with Crippen molar-refractivity contribution in [2.24, 2.45) is 0 Å². The molecular formula is C17H17N7OS. The quantitative estimate of drug-likeness (QED) is 0.731. The van der Waals surface area contributed by atoms with E-state index in [0.717, 1.165) is 38.4 Å². The van der Waals surface area contributed by atoms with E-state index in [9.17, 15) is 4.79 Å². The Bertz CT molecular complexity index is 979. The number of hydrogen-bond acceptors (Lipinski definition) is 7. The summed E-state index contributed by atoms with van der Waals surface area (Å²) in [6, 6.07) is 3.98. The molecule has 8 nitrogen and oxygen atoms in total. The zero-order valence-corrected chi connectivity index (χ0v) is 14.8. The van der Waals surface area contributed by atoms with Crippen LogP contribution >= 0.6 is 11.3 Å². The van der Waals surface area contributed by atoms with Crippen LogP contribution in [0.25, 0.3) is 5.65 Å². The monoisotopic (exact) mass is 367 g/mol. The molecule has 3 aromatic rings. The van der Waals surface area contributed by atoms with Gasteiger partial charge in [-0.25, -0.2) is 9.50 Å². The van der Waals surface area contributed by atoms with Crippen LogP contribution in [-0.4, -0.2) is 46.7 Å². The first kappa shape index (κ1) is 16.5. The van der Waals surface area contributed by atoms with Gasteiger partial charge in [0.05, 0.1) is 17.4 Å². The van der Waals surface area contributed by atoms with Gasteiger partial charge in [-0.1, -0.05) is 0 Å². The average Bonchev–Trinajstić information content (AvgIpc) is 3.19. The molecule has 1 saturated heterocycles. The molecule has 2 N–H and O–H groups in total. The second-order valence-corrected chi connectivity index (χ2v) is 6.71. The molecule has 1 amide bonds. The first-order valence-electron chi connectivity index (χ1n) is 8.34. The fourth-order valence-corrected chi connectivity index (χ4v) is 3.65. The number of fused-ring (bicyclic) bond motifs is 1. The highest BCUT2D eigenvalue weighted by Gasteiger charge is 2.18. The second kappa shape index (κ2) is 7.11. The first-order chi connectivity index (χ1) is 12.8. The van der Waals surface area contributed by atoms with E-state index < -0.39 is 0 Å². The number of carbonyl (C=O) groups excluding carboxylic acids is 1. The summed E-state index contributed by atoms with van der Waals surface area (Å²) in [6.07, 6.45) is 4.37. The van der Waals surface area contributed by atoms with Crippen LogP contribution in [0.1, 0.15) is 22.3 Å². The molecule has 1 aliphatic heterocycles. The van der Waals surface area contributed by atoms with E-state index in [1.54, 1.807) is 15.3 Å². The lowest BCUT2D eigenvalue weighted by molar-refractivity contribution is 0.102. The number of amides is 1. The number of anilines is 2. The van der Waals surface area contributed by atoms with Crippen molar-refractivity contribution in [1.82, 2.24) is 19.9 Å². The third-order valence-corrected chi connectivity index (χ3v) is 5.04. The summed E-state index contributed by atoms with van der Waals surface area (Å²) in [4.78, 5) is 19.5. The van der Waals surface area contributed by atoms with Crippen molar-refractivity contribution in [2.45, 2.75) is 6.42 Å². The minimum atomic E-state index is -0.322. The lowest BCUT2D eigenvalue weighted by Crippen LogP contribution is -2.28. The zero-order chi connectivity index (χ0) is 17.9. The first-order valence-corrected chi connectivity index (χ1v) is 9.28. The highest BCUT2D eigenvalue weighted by molar-refractivity contribution is 7.08. The van der Waals surface area contributed by atoms with Crippen LogP contribution in [0.4, 0.5) is 11.5 Å². The average molecular weight is 367 g/mol. The summed E-state index contributed by atoms with van der Waals surface area (Å²) < 4.78 is 1.59. The molecule has 0 aliphatic carbocycles. The fourth-order valence-electron chi connectivity index (χ4n) is 2.94. The Morgan fingerprint density at radius 1 is 1.35 bits per heavy atom. The number of thiophene rings is 1. The maximum absolute atomic E-state index is 12.7. The standard InChI is InChI=1S/C17H17N7OS/c18-8-12-10-26-11-14(12)21-17(25)13-9-20-24-6-2-15(22-16(13)24)23-5-1-3-19-4-7-23/h2,6,9-11,19H,1,3-5,7H2,(H,21,25). The summed E-state index contributed by atoms with van der Waals surface area (Å²) in [5.41, 5.74) is 1.85. The summed E-state index contributed by atoms with van der Waals surface area (Å²) in [5, 5.41) is 22.9. The Kier molecular flexibility index (Phi) is 4.51. The topological polar surface area (TPSA) is 98.3 Å². The van der Waals surface area contributed by atoms with E-state index in [2.05, 4.69) is 31.7 Å². The van der Waals surface area contributed by atoms with Gasteiger partial charge in [0.2, 0.25) is 0 Å². The molecule has 0 aromatic carbocycles. The number of hydrogen-bond donors (Lipinski definition) is 2. The van der Waals surface area contributed by atoms with Gasteiger partial charge in [0.25, 0.3) is 5.91 Å². The predicted molar refractivity (Wildman–Crippen MR) is 99.7 cm³/mol. The SMILES string of the molecule is N#Cc1cscc1NC(=O)c1cnn2ccc(N3CCCNCC3)nc12. The minimum absolute atomic E-state index is 0.322. The Morgan fingerprint density at radius 3 is 3.15 bits per heavy atom. The van der Waals surface area contributed by atoms with E-state index in [1.807, 2.05) is 12.3 Å². The molecule has 0 atom stereocenters. The maximum Gasteiger partial charge on any atom is 0.261 e. The van der Waals surface area contributed by atoms with E-state index in [0.29, 0.717) is 22.5 Å². The summed E-state index contributed by atoms with van der Waals surface area (Å²) in [6.45, 7) is 3.71. The molecule has 3 aromatic heterocycles. The molecule has 26 heavy (non-hydrogen) atoms. The minimum Gasteiger partial charge on any atom is -0.355 e. The van der Waals surface area contributed by atoms with E-state index in [-0.39, 0.29) is 5.91 Å². The molecule has 1 aliphatic rings. The van der Waals surface area contributed by atoms with Gasteiger partial charge < -0.3 is 15.5 Å². The molecule has 0 spiro atoms. The van der Waals surface area contributed by atoms with Crippen molar-refractivity contribution in [3.05, 3.63) is 40.3 Å². The molecule has 4 rings (SSSR count). The fraction of sp³-hybridized carbons (Fsp3) is 0.294. The van der Waals surface area contributed by atoms with Crippen LogP contribution < -0.4 is 15.5 Å². The van der Waals surface area contributed by atoms with Gasteiger partial charge in [0.15, 0.2) is 5.65 Å². The normalized spacial score (nSPS) is 14.8. The molecule has 132 valence electrons. The van der Waals surface area contributed by atoms with Gasteiger partial charge in [-0.15, -0.1) is 11.3 Å². The second-order valence-electron chi connectivity index (χ2n) is 5.97. The molecule has 0 unspecified atom stereocenters. The van der Waals surface area contributed by atoms with Gasteiger partial charge in [0.1, 0.15) is 17.5 Å². The van der Waals surface area contributed by atoms with Gasteiger partial charge >= 0.3 is 0 Å². The molecule has 4 heterocycles. The Morgan fingerprint density at radius 2 is 2.27 bits per heavy atom. The summed E-state index contributed by atoms with van der Waals surface area (Å²) >= 11 is 1.37. The number of nitriles is 1. The Hall–Kier alpha value is -2.96. The highest BCUT2D eigenvalue weighted by Crippen LogP contribution is 2.22. The van der Waals surface area contributed by atoms with E-state index >= 15 is 0 Å². The van der Waals surface area contributed by atoms with Crippen LogP contribution in [0.2, 0.25) is 0 Å². The van der Waals surface area contributed by atoms with Crippen LogP contribution in [-0.2, 0) is 0 Å². The smallest absolute Gasteiger partial charge is 0.261 e. The summed E-state index contributed by atoms with van der Waals surface area (Å²) in [5.74, 6) is 0.515. The van der Waals surface area contributed by atoms with Crippen molar-refractivity contribution in [1.29, 1.82) is 5.26 Å². The molecule has 9 heteroatoms. The largest absolute Gasteiger partial charge is 0.355 e. The van der Waals surface area contributed by atoms with Crippen molar-refractivity contribution in [3.8, 4) is 6.07 Å². The third kappa shape index (κ3) is 3.12. The lowest BCUT2D eigenvalue weighted by atomic mass is 10.2. The number of nitrogens with zero attached hydrogens (tertiary/aromatic N) is 5. The number of aromatic nitrogens is 3. The lowest BCUT2D eigenvalue weighted by Gasteiger charge is -2.20. The summed E-state index contributed by atoms with van der Waals surface area (Å²) in [7, 11) is 0. The third-order valence-electron chi connectivity index (χ3n) is 4.29. The van der Waals surface area contributed by atoms with Crippen LogP contribution in [0.15, 0.2) is 29.2 Å². The maximum atomic E-state index is 12.7. The van der Waals surface area contributed by atoms with E-state index in [1.165, 1.54) is 17.5 Å². The highest BCUT2D eigenvalue weighted by atomic mass is 32.1. The van der Waals surface area contributed by atoms with Gasteiger partial charge in [-0.05, 0) is 19.0 Å². The molecule has 0 bridgehead atoms. The van der Waals surface area contributed by atoms with Crippen molar-refractivity contribution < 1.29 is 4.79 Å². The Labute approximate surface area is 154 Å². The number of carbonyl (C=O) groups is 1. The Balaban J connectivity index is 1.64. The van der Waals surface area contributed by atoms with Crippen molar-refractivity contribution in [2.75, 3.05) is 36.4 Å². The predicted octanol–water partition coefficient (Wildman–Crippen LogP) is 1.71. The zero-order valence-electron chi connectivity index (χ0n) is 14.0. The van der Waals surface area contributed by atoms with Gasteiger partial charge in [-0.2, -0.15) is 10.4 Å². The van der Waals surface area contributed by atoms with Crippen molar-refractivity contribution >= 4 is 34.4 Å². The molecule has 0 radical (unpaired) electrons. The van der Waals surface area contributed by atoms with Crippen LogP contribution in [0.5, 0.6) is 0 Å². The van der Waals surface area contributed by atoms with Gasteiger partial charge in [0, 0.05) is 36.6 Å². The molecule has 1 fully saturated rings. The number of nitrogens with one attached hydrogen (secondary N) is 2. The molecular weight excluding hydrogens is 350 g/mol.